The van der Waals surface area contributed by atoms with Crippen LogP contribution >= 0.6 is 0 Å². The second kappa shape index (κ2) is 9.93. The molecule has 0 saturated heterocycles. The Morgan fingerprint density at radius 1 is 1.12 bits per heavy atom. The smallest absolute Gasteiger partial charge is 0.336 e. The lowest BCUT2D eigenvalue weighted by molar-refractivity contribution is -0.144. The Morgan fingerprint density at radius 3 is 2.53 bits per heavy atom. The molecule has 34 heavy (non-hydrogen) atoms. The van der Waals surface area contributed by atoms with Crippen LogP contribution in [-0.4, -0.2) is 37.3 Å². The summed E-state index contributed by atoms with van der Waals surface area (Å²) in [6, 6.07) is 5.73. The van der Waals surface area contributed by atoms with Crippen molar-refractivity contribution in [3.63, 3.8) is 0 Å². The molecule has 2 aliphatic carbocycles. The van der Waals surface area contributed by atoms with Gasteiger partial charge in [-0.25, -0.2) is 4.79 Å². The average Bonchev–Trinajstić information content (AvgIpc) is 3.28. The third kappa shape index (κ3) is 4.91. The number of carbonyl (C=O) groups excluding carboxylic acids is 2. The van der Waals surface area contributed by atoms with E-state index in [2.05, 4.69) is 20.8 Å². The number of benzene rings is 1. The summed E-state index contributed by atoms with van der Waals surface area (Å²) in [5, 5.41) is 0. The number of methoxy groups -OCH3 is 1. The molecule has 0 N–H and O–H groups in total. The van der Waals surface area contributed by atoms with E-state index in [1.54, 1.807) is 7.11 Å². The highest BCUT2D eigenvalue weighted by atomic mass is 16.5. The van der Waals surface area contributed by atoms with E-state index in [0.717, 1.165) is 49.8 Å². The Labute approximate surface area is 202 Å². The van der Waals surface area contributed by atoms with Gasteiger partial charge in [0.2, 0.25) is 0 Å². The van der Waals surface area contributed by atoms with Crippen molar-refractivity contribution in [2.75, 3.05) is 13.7 Å². The lowest BCUT2D eigenvalue weighted by atomic mass is 9.63. The number of esters is 1. The van der Waals surface area contributed by atoms with Crippen molar-refractivity contribution >= 4 is 17.5 Å². The zero-order valence-electron chi connectivity index (χ0n) is 21.1. The van der Waals surface area contributed by atoms with Gasteiger partial charge in [0, 0.05) is 23.7 Å². The normalized spacial score (nSPS) is 24.5. The van der Waals surface area contributed by atoms with Crippen molar-refractivity contribution in [2.24, 2.45) is 16.3 Å². The van der Waals surface area contributed by atoms with E-state index in [1.807, 2.05) is 25.1 Å². The van der Waals surface area contributed by atoms with Crippen LogP contribution in [0.3, 0.4) is 0 Å². The molecule has 184 valence electrons. The summed E-state index contributed by atoms with van der Waals surface area (Å²) in [7, 11) is 1.61. The third-order valence-electron chi connectivity index (χ3n) is 7.17. The van der Waals surface area contributed by atoms with E-state index in [4.69, 9.17) is 19.2 Å². The minimum atomic E-state index is -0.463. The van der Waals surface area contributed by atoms with Gasteiger partial charge in [-0.1, -0.05) is 26.8 Å². The van der Waals surface area contributed by atoms with Crippen LogP contribution in [0.2, 0.25) is 0 Å². The highest BCUT2D eigenvalue weighted by Gasteiger charge is 2.48. The molecular weight excluding hydrogens is 430 g/mol. The van der Waals surface area contributed by atoms with Crippen LogP contribution in [-0.2, 0) is 14.3 Å². The third-order valence-corrected chi connectivity index (χ3v) is 7.17. The largest absolute Gasteiger partial charge is 0.493 e. The SMILES string of the molecule is CCCOc1ccc([C@H]2C(C(=O)OC3CCCC3)=C(C)N=C3CC(C)(C)CC(=O)C32)cc1OC. The summed E-state index contributed by atoms with van der Waals surface area (Å²) in [6.45, 7) is 8.71. The number of allylic oxidation sites excluding steroid dienone is 1. The molecule has 2 atom stereocenters. The molecule has 0 aromatic heterocycles. The molecule has 1 heterocycles. The van der Waals surface area contributed by atoms with E-state index in [9.17, 15) is 9.59 Å². The zero-order valence-corrected chi connectivity index (χ0v) is 21.1. The van der Waals surface area contributed by atoms with Crippen molar-refractivity contribution in [2.45, 2.75) is 84.7 Å². The minimum Gasteiger partial charge on any atom is -0.493 e. The average molecular weight is 468 g/mol. The molecule has 1 unspecified atom stereocenters. The van der Waals surface area contributed by atoms with Crippen LogP contribution in [0.15, 0.2) is 34.5 Å². The van der Waals surface area contributed by atoms with E-state index in [0.29, 0.717) is 35.8 Å². The highest BCUT2D eigenvalue weighted by molar-refractivity contribution is 6.12. The molecule has 3 aliphatic rings. The first-order chi connectivity index (χ1) is 16.2. The predicted octanol–water partition coefficient (Wildman–Crippen LogP) is 5.79. The quantitative estimate of drug-likeness (QED) is 0.475. The zero-order chi connectivity index (χ0) is 24.5. The number of ether oxygens (including phenoxy) is 3. The van der Waals surface area contributed by atoms with Gasteiger partial charge in [-0.05, 0) is 68.6 Å². The molecule has 2 fully saturated rings. The number of nitrogens with zero attached hydrogens (tertiary/aromatic N) is 1. The molecular formula is C28H37NO5. The number of Topliss-reactive ketones (excluding diaryl/α,β-unsaturated/α-hetero) is 1. The second-order valence-electron chi connectivity index (χ2n) is 10.6. The van der Waals surface area contributed by atoms with E-state index in [-0.39, 0.29) is 23.3 Å². The van der Waals surface area contributed by atoms with Crippen LogP contribution in [0.4, 0.5) is 0 Å². The summed E-state index contributed by atoms with van der Waals surface area (Å²) in [6.07, 6.45) is 5.97. The maximum absolute atomic E-state index is 13.5. The first-order valence-corrected chi connectivity index (χ1v) is 12.6. The van der Waals surface area contributed by atoms with Gasteiger partial charge in [0.05, 0.1) is 25.2 Å². The van der Waals surface area contributed by atoms with Crippen LogP contribution in [0, 0.1) is 11.3 Å². The molecule has 1 aliphatic heterocycles. The topological polar surface area (TPSA) is 74.2 Å². The lowest BCUT2D eigenvalue weighted by Gasteiger charge is -2.41. The fraction of sp³-hybridized carbons (Fsp3) is 0.607. The summed E-state index contributed by atoms with van der Waals surface area (Å²) in [5.41, 5.74) is 2.72. The molecule has 4 rings (SSSR count). The van der Waals surface area contributed by atoms with Gasteiger partial charge in [-0.2, -0.15) is 0 Å². The molecule has 6 heteroatoms. The monoisotopic (exact) mass is 467 g/mol. The summed E-state index contributed by atoms with van der Waals surface area (Å²) >= 11 is 0. The van der Waals surface area contributed by atoms with Gasteiger partial charge < -0.3 is 14.2 Å². The molecule has 0 amide bonds. The van der Waals surface area contributed by atoms with Gasteiger partial charge in [-0.15, -0.1) is 0 Å². The Bertz CT molecular complexity index is 1020. The lowest BCUT2D eigenvalue weighted by Crippen LogP contribution is -2.44. The minimum absolute atomic E-state index is 0.0563. The van der Waals surface area contributed by atoms with Gasteiger partial charge in [-0.3, -0.25) is 9.79 Å². The molecule has 2 saturated carbocycles. The summed E-state index contributed by atoms with van der Waals surface area (Å²) in [4.78, 5) is 31.8. The van der Waals surface area contributed by atoms with Gasteiger partial charge in [0.15, 0.2) is 11.5 Å². The van der Waals surface area contributed by atoms with Crippen molar-refractivity contribution in [1.82, 2.24) is 0 Å². The van der Waals surface area contributed by atoms with Crippen LogP contribution in [0.5, 0.6) is 11.5 Å². The van der Waals surface area contributed by atoms with Gasteiger partial charge in [0.25, 0.3) is 0 Å². The molecule has 0 spiro atoms. The summed E-state index contributed by atoms with van der Waals surface area (Å²) in [5.74, 6) is 0.127. The number of hydrogen-bond acceptors (Lipinski definition) is 6. The number of aliphatic imine (C=N–C) groups is 1. The Balaban J connectivity index is 1.78. The van der Waals surface area contributed by atoms with Crippen molar-refractivity contribution in [1.29, 1.82) is 0 Å². The van der Waals surface area contributed by atoms with E-state index >= 15 is 0 Å². The molecule has 0 radical (unpaired) electrons. The number of hydrogen-bond donors (Lipinski definition) is 0. The van der Waals surface area contributed by atoms with Gasteiger partial charge >= 0.3 is 5.97 Å². The molecule has 6 nitrogen and oxygen atoms in total. The van der Waals surface area contributed by atoms with E-state index < -0.39 is 11.8 Å². The second-order valence-corrected chi connectivity index (χ2v) is 10.6. The molecule has 1 aromatic rings. The Morgan fingerprint density at radius 2 is 1.85 bits per heavy atom. The first kappa shape index (κ1) is 24.5. The standard InChI is InChI=1S/C28H37NO5/c1-6-13-33-22-12-11-18(14-23(22)32-5)25-24(27(31)34-19-9-7-8-10-19)17(2)29-20-15-28(3,4)16-21(30)26(20)25/h11-12,14,19,25-26H,6-10,13,15-16H2,1-5H3/t25-,26?/m0/s1. The first-order valence-electron chi connectivity index (χ1n) is 12.6. The number of fused-ring (bicyclic) bond motifs is 1. The summed E-state index contributed by atoms with van der Waals surface area (Å²) < 4.78 is 17.4. The fourth-order valence-electron chi connectivity index (χ4n) is 5.65. The number of ketones is 1. The van der Waals surface area contributed by atoms with Crippen LogP contribution in [0.1, 0.15) is 84.1 Å². The fourth-order valence-corrected chi connectivity index (χ4v) is 5.65. The molecule has 0 bridgehead atoms. The number of rotatable bonds is 7. The van der Waals surface area contributed by atoms with Crippen molar-refractivity contribution in [3.05, 3.63) is 35.0 Å². The van der Waals surface area contributed by atoms with E-state index in [1.165, 1.54) is 0 Å². The Kier molecular flexibility index (Phi) is 7.15. The van der Waals surface area contributed by atoms with Crippen molar-refractivity contribution < 1.29 is 23.8 Å². The van der Waals surface area contributed by atoms with Crippen molar-refractivity contribution in [3.8, 4) is 11.5 Å². The van der Waals surface area contributed by atoms with Crippen LogP contribution in [0.25, 0.3) is 0 Å². The number of carbonyl (C=O) groups is 2. The molecule has 1 aromatic carbocycles. The highest BCUT2D eigenvalue weighted by Crippen LogP contribution is 2.48. The maximum Gasteiger partial charge on any atom is 0.336 e. The maximum atomic E-state index is 13.5. The predicted molar refractivity (Wildman–Crippen MR) is 132 cm³/mol. The Hall–Kier alpha value is -2.63. The van der Waals surface area contributed by atoms with Crippen LogP contribution < -0.4 is 9.47 Å². The van der Waals surface area contributed by atoms with Gasteiger partial charge in [0.1, 0.15) is 11.9 Å².